The number of hydrogen-bond donors (Lipinski definition) is 4. The zero-order valence-corrected chi connectivity index (χ0v) is 43.7. The number of nitrogens with one attached hydrogen (secondary N) is 4. The number of piperidine rings is 1. The predicted octanol–water partition coefficient (Wildman–Crippen LogP) is 14.2. The Balaban J connectivity index is 0.000000836. The Morgan fingerprint density at radius 3 is 2.06 bits per heavy atom. The van der Waals surface area contributed by atoms with Crippen molar-refractivity contribution in [2.45, 2.75) is 219 Å². The number of aryl methyl sites for hydroxylation is 2. The van der Waals surface area contributed by atoms with Crippen LogP contribution in [-0.4, -0.2) is 49.4 Å². The van der Waals surface area contributed by atoms with Crippen LogP contribution in [0.25, 0.3) is 0 Å². The van der Waals surface area contributed by atoms with E-state index in [1.165, 1.54) is 63.4 Å². The van der Waals surface area contributed by atoms with Gasteiger partial charge in [-0.15, -0.1) is 0 Å². The van der Waals surface area contributed by atoms with Gasteiger partial charge in [0.15, 0.2) is 0 Å². The number of ether oxygens (including phenoxy) is 1. The number of allylic oxidation sites excluding steroid dienone is 3. The first-order valence-electron chi connectivity index (χ1n) is 24.6. The molecule has 2 aromatic heterocycles. The normalized spacial score (nSPS) is 16.9. The lowest BCUT2D eigenvalue weighted by atomic mass is 9.88. The van der Waals surface area contributed by atoms with E-state index in [4.69, 9.17) is 10.1 Å². The molecule has 10 heteroatoms. The van der Waals surface area contributed by atoms with E-state index in [2.05, 4.69) is 102 Å². The maximum Gasteiger partial charge on any atom is 0.270 e. The van der Waals surface area contributed by atoms with Crippen LogP contribution in [-0.2, 0) is 16.6 Å². The van der Waals surface area contributed by atoms with Gasteiger partial charge in [0, 0.05) is 37.8 Å². The first-order valence-corrected chi connectivity index (χ1v) is 24.6. The van der Waals surface area contributed by atoms with Crippen LogP contribution in [0.4, 0.5) is 0 Å². The van der Waals surface area contributed by atoms with Gasteiger partial charge >= 0.3 is 0 Å². The molecule has 0 aromatic carbocycles. The Bertz CT molecular complexity index is 1620. The van der Waals surface area contributed by atoms with E-state index in [-0.39, 0.29) is 29.4 Å². The molecule has 1 aliphatic heterocycles. The zero-order chi connectivity index (χ0) is 48.3. The number of carbonyl (C=O) groups is 2. The molecule has 362 valence electrons. The predicted molar refractivity (Wildman–Crippen MR) is 268 cm³/mol. The third-order valence-electron chi connectivity index (χ3n) is 12.3. The van der Waals surface area contributed by atoms with Crippen molar-refractivity contribution < 1.29 is 14.3 Å². The number of carbonyl (C=O) groups excluding carboxylic acids is 2. The van der Waals surface area contributed by atoms with Crippen molar-refractivity contribution in [3.8, 4) is 0 Å². The zero-order valence-electron chi connectivity index (χ0n) is 43.7. The number of imidazole rings is 1. The van der Waals surface area contributed by atoms with E-state index in [1.54, 1.807) is 24.0 Å². The lowest BCUT2D eigenvalue weighted by Gasteiger charge is -2.22. The highest BCUT2D eigenvalue weighted by Gasteiger charge is 2.41. The monoisotopic (exact) mass is 880 g/mol. The summed E-state index contributed by atoms with van der Waals surface area (Å²) in [6.07, 6.45) is 21.4. The fourth-order valence-corrected chi connectivity index (χ4v) is 7.25. The van der Waals surface area contributed by atoms with Crippen LogP contribution < -0.4 is 10.6 Å². The number of hydrogen-bond acceptors (Lipinski definition) is 6. The van der Waals surface area contributed by atoms with Crippen molar-refractivity contribution in [2.75, 3.05) is 6.54 Å². The van der Waals surface area contributed by atoms with Gasteiger partial charge in [-0.2, -0.15) is 5.10 Å². The van der Waals surface area contributed by atoms with Crippen molar-refractivity contribution in [1.29, 1.82) is 5.41 Å². The summed E-state index contributed by atoms with van der Waals surface area (Å²) in [6.45, 7) is 38.5. The van der Waals surface area contributed by atoms with E-state index in [1.807, 2.05) is 47.7 Å². The number of nitrogens with zero attached hydrogens (tertiary/aromatic N) is 3. The molecule has 1 aliphatic carbocycles. The smallest absolute Gasteiger partial charge is 0.270 e. The molecular formula is C53H97N7O3. The summed E-state index contributed by atoms with van der Waals surface area (Å²) in [4.78, 5) is 31.5. The summed E-state index contributed by atoms with van der Waals surface area (Å²) in [5, 5.41) is 18.0. The van der Waals surface area contributed by atoms with Crippen molar-refractivity contribution in [2.24, 2.45) is 36.1 Å². The number of rotatable bonds is 19. The Labute approximate surface area is 387 Å². The second kappa shape index (κ2) is 31.2. The Morgan fingerprint density at radius 2 is 1.65 bits per heavy atom. The molecule has 2 aliphatic rings. The number of aromatic amines is 1. The maximum atomic E-state index is 12.5. The van der Waals surface area contributed by atoms with Crippen LogP contribution in [0.5, 0.6) is 0 Å². The van der Waals surface area contributed by atoms with E-state index in [0.717, 1.165) is 78.8 Å². The van der Waals surface area contributed by atoms with E-state index >= 15 is 0 Å². The van der Waals surface area contributed by atoms with Crippen molar-refractivity contribution in [1.82, 2.24) is 30.4 Å². The summed E-state index contributed by atoms with van der Waals surface area (Å²) >= 11 is 0. The second-order valence-corrected chi connectivity index (χ2v) is 20.0. The molecule has 2 fully saturated rings. The maximum absolute atomic E-state index is 12.5. The van der Waals surface area contributed by atoms with Gasteiger partial charge in [0.25, 0.3) is 5.91 Å². The molecule has 10 nitrogen and oxygen atoms in total. The molecule has 0 radical (unpaired) electrons. The van der Waals surface area contributed by atoms with Crippen molar-refractivity contribution in [3.05, 3.63) is 59.2 Å². The summed E-state index contributed by atoms with van der Waals surface area (Å²) < 4.78 is 6.83. The first kappa shape index (κ1) is 59.3. The fraction of sp³-hybridized carbons (Fsp3) is 0.755. The molecule has 4 rings (SSSR count). The molecule has 0 bridgehead atoms. The third kappa shape index (κ3) is 26.6. The molecule has 2 aromatic rings. The lowest BCUT2D eigenvalue weighted by molar-refractivity contribution is -0.126. The van der Waals surface area contributed by atoms with Gasteiger partial charge in [0.1, 0.15) is 17.1 Å². The Hall–Kier alpha value is -3.69. The fourth-order valence-electron chi connectivity index (χ4n) is 7.25. The molecule has 1 saturated carbocycles. The Morgan fingerprint density at radius 1 is 1.03 bits per heavy atom. The van der Waals surface area contributed by atoms with Crippen LogP contribution in [0.3, 0.4) is 0 Å². The number of amides is 2. The summed E-state index contributed by atoms with van der Waals surface area (Å²) in [5.74, 6) is 4.23. The lowest BCUT2D eigenvalue weighted by Crippen LogP contribution is -2.37. The SMILES string of the molecule is C=C(C)OC(C)(C)C.CCC(C)=C(C)C(=N)CC1CCCNC1=O.CCC(C)C.CCC(C)CCCC(NC(=O)c1ccnn1C)c1cnc(C)[nH]1.CCCC1(CC(C)CC)CC1. The number of aromatic nitrogens is 4. The molecule has 3 heterocycles. The topological polar surface area (TPSA) is 138 Å². The average molecular weight is 880 g/mol. The van der Waals surface area contributed by atoms with Crippen LogP contribution in [0.2, 0.25) is 0 Å². The van der Waals surface area contributed by atoms with Gasteiger partial charge in [0.05, 0.1) is 23.7 Å². The van der Waals surface area contributed by atoms with Crippen molar-refractivity contribution in [3.63, 3.8) is 0 Å². The second-order valence-electron chi connectivity index (χ2n) is 20.0. The minimum Gasteiger partial charge on any atom is -0.493 e. The van der Waals surface area contributed by atoms with E-state index in [0.29, 0.717) is 23.7 Å². The van der Waals surface area contributed by atoms with Crippen LogP contribution in [0.15, 0.2) is 41.9 Å². The third-order valence-corrected chi connectivity index (χ3v) is 12.3. The largest absolute Gasteiger partial charge is 0.493 e. The average Bonchev–Trinajstić information content (AvgIpc) is 3.58. The molecule has 1 saturated heterocycles. The van der Waals surface area contributed by atoms with E-state index in [9.17, 15) is 9.59 Å². The quantitative estimate of drug-likeness (QED) is 0.0822. The minimum absolute atomic E-state index is 0.0147. The van der Waals surface area contributed by atoms with Gasteiger partial charge in [-0.05, 0) is 135 Å². The highest BCUT2D eigenvalue weighted by molar-refractivity contribution is 6.00. The molecule has 4 N–H and O–H groups in total. The van der Waals surface area contributed by atoms with E-state index < -0.39 is 0 Å². The van der Waals surface area contributed by atoms with Gasteiger partial charge in [-0.1, -0.05) is 113 Å². The molecule has 0 spiro atoms. The highest BCUT2D eigenvalue weighted by Crippen LogP contribution is 2.54. The minimum atomic E-state index is -0.106. The molecule has 4 atom stereocenters. The van der Waals surface area contributed by atoms with Gasteiger partial charge in [-0.25, -0.2) is 4.98 Å². The molecule has 2 amide bonds. The van der Waals surface area contributed by atoms with Gasteiger partial charge in [0.2, 0.25) is 5.91 Å². The van der Waals surface area contributed by atoms with Crippen molar-refractivity contribution >= 4 is 17.5 Å². The van der Waals surface area contributed by atoms with Crippen LogP contribution >= 0.6 is 0 Å². The summed E-state index contributed by atoms with van der Waals surface area (Å²) in [5.41, 5.74) is 5.20. The highest BCUT2D eigenvalue weighted by atomic mass is 16.5. The molecule has 63 heavy (non-hydrogen) atoms. The molecular weight excluding hydrogens is 783 g/mol. The first-order chi connectivity index (χ1) is 29.5. The van der Waals surface area contributed by atoms with Gasteiger partial charge < -0.3 is 25.8 Å². The molecule has 4 unspecified atom stereocenters. The summed E-state index contributed by atoms with van der Waals surface area (Å²) in [7, 11) is 1.77. The van der Waals surface area contributed by atoms with Gasteiger partial charge in [-0.3, -0.25) is 14.3 Å². The standard InChI is InChI=1S/C17H27N5O.C13H22N2O.C11H22.C7H14O.C5H12/c1-5-12(2)7-6-8-14(15-11-18-13(3)20-15)21-17(23)16-9-10-19-22(16)4;1-4-9(2)10(3)12(14)8-11-6-5-7-15-13(11)16;1-4-6-11(7-8-11)9-10(3)5-2;1-6(2)8-7(3,4)5;1-4-5(2)3/h9-12,14H,5-8H2,1-4H3,(H,18,20)(H,21,23);11,14H,4-8H2,1-3H3,(H,15,16);10H,4-9H2,1-3H3;1H2,2-5H3;5H,4H2,1-3H3. The Kier molecular flexibility index (Phi) is 29.4. The van der Waals surface area contributed by atoms with Crippen LogP contribution in [0.1, 0.15) is 228 Å². The van der Waals surface area contributed by atoms with Crippen LogP contribution in [0, 0.1) is 41.4 Å². The number of H-pyrrole nitrogens is 1. The summed E-state index contributed by atoms with van der Waals surface area (Å²) in [6, 6.07) is 1.67.